The minimum absolute atomic E-state index is 0.196. The molecular weight excluding hydrogens is 206 g/mol. The summed E-state index contributed by atoms with van der Waals surface area (Å²) in [6, 6.07) is 5.77. The van der Waals surface area contributed by atoms with Crippen molar-refractivity contribution in [3.63, 3.8) is 0 Å². The monoisotopic (exact) mass is 221 g/mol. The Hall–Kier alpha value is -1.55. The van der Waals surface area contributed by atoms with Gasteiger partial charge in [0.2, 0.25) is 0 Å². The molecule has 86 valence electrons. The van der Waals surface area contributed by atoms with Gasteiger partial charge in [0.1, 0.15) is 5.75 Å². The molecule has 0 amide bonds. The standard InChI is InChI=1S/C12H15NO3/c1-15-9-3-4-10-8(5-9)6-13-7-11(10)12(14)16-2/h3-5,11,13H,6-7H2,1-2H3. The summed E-state index contributed by atoms with van der Waals surface area (Å²) in [6.45, 7) is 1.39. The summed E-state index contributed by atoms with van der Waals surface area (Å²) in [5.41, 5.74) is 2.13. The largest absolute Gasteiger partial charge is 0.497 e. The van der Waals surface area contributed by atoms with Crippen molar-refractivity contribution in [2.75, 3.05) is 20.8 Å². The summed E-state index contributed by atoms with van der Waals surface area (Å²) < 4.78 is 9.95. The molecule has 16 heavy (non-hydrogen) atoms. The van der Waals surface area contributed by atoms with Crippen LogP contribution in [-0.4, -0.2) is 26.7 Å². The van der Waals surface area contributed by atoms with E-state index in [0.717, 1.165) is 23.4 Å². The second kappa shape index (κ2) is 4.53. The Morgan fingerprint density at radius 1 is 1.44 bits per heavy atom. The number of ether oxygens (including phenoxy) is 2. The van der Waals surface area contributed by atoms with Crippen molar-refractivity contribution in [2.45, 2.75) is 12.5 Å². The molecule has 0 aliphatic carbocycles. The van der Waals surface area contributed by atoms with Crippen molar-refractivity contribution < 1.29 is 14.3 Å². The molecule has 0 bridgehead atoms. The van der Waals surface area contributed by atoms with E-state index in [1.165, 1.54) is 7.11 Å². The molecule has 1 unspecified atom stereocenters. The number of rotatable bonds is 2. The van der Waals surface area contributed by atoms with Crippen LogP contribution in [0.4, 0.5) is 0 Å². The van der Waals surface area contributed by atoms with Gasteiger partial charge in [-0.15, -0.1) is 0 Å². The molecule has 1 aromatic carbocycles. The van der Waals surface area contributed by atoms with Crippen molar-refractivity contribution in [3.8, 4) is 5.75 Å². The smallest absolute Gasteiger partial charge is 0.314 e. The zero-order valence-electron chi connectivity index (χ0n) is 9.45. The number of hydrogen-bond donors (Lipinski definition) is 1. The zero-order chi connectivity index (χ0) is 11.5. The van der Waals surface area contributed by atoms with Gasteiger partial charge in [0.05, 0.1) is 20.1 Å². The summed E-state index contributed by atoms with van der Waals surface area (Å²) in [6.07, 6.45) is 0. The van der Waals surface area contributed by atoms with Crippen LogP contribution < -0.4 is 10.1 Å². The normalized spacial score (nSPS) is 18.8. The molecule has 0 spiro atoms. The Labute approximate surface area is 94.6 Å². The van der Waals surface area contributed by atoms with Gasteiger partial charge in [0.15, 0.2) is 0 Å². The van der Waals surface area contributed by atoms with E-state index in [-0.39, 0.29) is 11.9 Å². The maximum absolute atomic E-state index is 11.6. The van der Waals surface area contributed by atoms with E-state index in [9.17, 15) is 4.79 Å². The van der Waals surface area contributed by atoms with E-state index < -0.39 is 0 Å². The van der Waals surface area contributed by atoms with E-state index >= 15 is 0 Å². The predicted octanol–water partition coefficient (Wildman–Crippen LogP) is 1.05. The average molecular weight is 221 g/mol. The van der Waals surface area contributed by atoms with E-state index in [0.29, 0.717) is 6.54 Å². The molecule has 0 radical (unpaired) electrons. The minimum atomic E-state index is -0.209. The zero-order valence-corrected chi connectivity index (χ0v) is 9.45. The first-order valence-corrected chi connectivity index (χ1v) is 5.21. The molecule has 4 nitrogen and oxygen atoms in total. The molecule has 1 aromatic rings. The van der Waals surface area contributed by atoms with Crippen LogP contribution in [0.3, 0.4) is 0 Å². The lowest BCUT2D eigenvalue weighted by Gasteiger charge is -2.24. The summed E-state index contributed by atoms with van der Waals surface area (Å²) in [5.74, 6) is 0.407. The first kappa shape index (κ1) is 11.0. The SMILES string of the molecule is COC(=O)C1CNCc2cc(OC)ccc21. The van der Waals surface area contributed by atoms with Crippen molar-refractivity contribution in [3.05, 3.63) is 29.3 Å². The maximum atomic E-state index is 11.6. The summed E-state index contributed by atoms with van der Waals surface area (Å²) in [4.78, 5) is 11.6. The number of fused-ring (bicyclic) bond motifs is 1. The predicted molar refractivity (Wildman–Crippen MR) is 59.5 cm³/mol. The third-order valence-electron chi connectivity index (χ3n) is 2.88. The van der Waals surface area contributed by atoms with Crippen LogP contribution in [0, 0.1) is 0 Å². The fourth-order valence-electron chi connectivity index (χ4n) is 2.02. The number of carbonyl (C=O) groups is 1. The van der Waals surface area contributed by atoms with Gasteiger partial charge < -0.3 is 14.8 Å². The van der Waals surface area contributed by atoms with E-state index in [2.05, 4.69) is 5.32 Å². The van der Waals surface area contributed by atoms with Gasteiger partial charge in [-0.25, -0.2) is 0 Å². The average Bonchev–Trinajstić information content (AvgIpc) is 2.36. The molecular formula is C12H15NO3. The summed E-state index contributed by atoms with van der Waals surface area (Å²) >= 11 is 0. The second-order valence-corrected chi connectivity index (χ2v) is 3.77. The molecule has 0 saturated carbocycles. The Kier molecular flexibility index (Phi) is 3.10. The second-order valence-electron chi connectivity index (χ2n) is 3.77. The number of benzene rings is 1. The Balaban J connectivity index is 2.36. The lowest BCUT2D eigenvalue weighted by atomic mass is 9.91. The van der Waals surface area contributed by atoms with Gasteiger partial charge >= 0.3 is 5.97 Å². The number of hydrogen-bond acceptors (Lipinski definition) is 4. The van der Waals surface area contributed by atoms with Gasteiger partial charge in [-0.3, -0.25) is 4.79 Å². The van der Waals surface area contributed by atoms with Crippen LogP contribution in [0.1, 0.15) is 17.0 Å². The third kappa shape index (κ3) is 1.88. The highest BCUT2D eigenvalue weighted by molar-refractivity contribution is 5.79. The molecule has 0 fully saturated rings. The summed E-state index contributed by atoms with van der Waals surface area (Å²) in [7, 11) is 3.05. The lowest BCUT2D eigenvalue weighted by Crippen LogP contribution is -2.33. The van der Waals surface area contributed by atoms with Gasteiger partial charge in [-0.05, 0) is 23.3 Å². The summed E-state index contributed by atoms with van der Waals surface area (Å²) in [5, 5.41) is 3.20. The third-order valence-corrected chi connectivity index (χ3v) is 2.88. The van der Waals surface area contributed by atoms with Gasteiger partial charge in [-0.2, -0.15) is 0 Å². The van der Waals surface area contributed by atoms with Crippen molar-refractivity contribution >= 4 is 5.97 Å². The van der Waals surface area contributed by atoms with Gasteiger partial charge in [0.25, 0.3) is 0 Å². The van der Waals surface area contributed by atoms with Crippen LogP contribution in [0.5, 0.6) is 5.75 Å². The van der Waals surface area contributed by atoms with E-state index in [1.807, 2.05) is 18.2 Å². The highest BCUT2D eigenvalue weighted by Crippen LogP contribution is 2.28. The Bertz CT molecular complexity index is 403. The minimum Gasteiger partial charge on any atom is -0.497 e. The van der Waals surface area contributed by atoms with Gasteiger partial charge in [0, 0.05) is 13.1 Å². The fourth-order valence-corrected chi connectivity index (χ4v) is 2.02. The number of methoxy groups -OCH3 is 2. The van der Waals surface area contributed by atoms with Crippen LogP contribution in [-0.2, 0) is 16.1 Å². The Morgan fingerprint density at radius 2 is 2.25 bits per heavy atom. The van der Waals surface area contributed by atoms with Crippen molar-refractivity contribution in [1.82, 2.24) is 5.32 Å². The molecule has 1 N–H and O–H groups in total. The van der Waals surface area contributed by atoms with Gasteiger partial charge in [-0.1, -0.05) is 6.07 Å². The number of nitrogens with one attached hydrogen (secondary N) is 1. The lowest BCUT2D eigenvalue weighted by molar-refractivity contribution is -0.142. The maximum Gasteiger partial charge on any atom is 0.314 e. The first-order chi connectivity index (χ1) is 7.76. The Morgan fingerprint density at radius 3 is 2.94 bits per heavy atom. The highest BCUT2D eigenvalue weighted by Gasteiger charge is 2.27. The van der Waals surface area contributed by atoms with E-state index in [4.69, 9.17) is 9.47 Å². The molecule has 1 aliphatic heterocycles. The molecule has 1 aliphatic rings. The number of carbonyl (C=O) groups excluding carboxylic acids is 1. The molecule has 0 saturated heterocycles. The fraction of sp³-hybridized carbons (Fsp3) is 0.417. The van der Waals surface area contributed by atoms with Crippen LogP contribution in [0.15, 0.2) is 18.2 Å². The van der Waals surface area contributed by atoms with Crippen molar-refractivity contribution in [2.24, 2.45) is 0 Å². The number of esters is 1. The van der Waals surface area contributed by atoms with Crippen molar-refractivity contribution in [1.29, 1.82) is 0 Å². The molecule has 1 atom stereocenters. The first-order valence-electron chi connectivity index (χ1n) is 5.21. The molecule has 0 aromatic heterocycles. The van der Waals surface area contributed by atoms with Crippen LogP contribution in [0.2, 0.25) is 0 Å². The van der Waals surface area contributed by atoms with E-state index in [1.54, 1.807) is 7.11 Å². The topological polar surface area (TPSA) is 47.6 Å². The quantitative estimate of drug-likeness (QED) is 0.758. The molecule has 4 heteroatoms. The van der Waals surface area contributed by atoms with Crippen LogP contribution in [0.25, 0.3) is 0 Å². The molecule has 1 heterocycles. The van der Waals surface area contributed by atoms with Crippen LogP contribution >= 0.6 is 0 Å². The highest BCUT2D eigenvalue weighted by atomic mass is 16.5. The molecule has 2 rings (SSSR count).